The molecule has 0 unspecified atom stereocenters. The van der Waals surface area contributed by atoms with Gasteiger partial charge in [-0.1, -0.05) is 60.7 Å². The van der Waals surface area contributed by atoms with Crippen LogP contribution in [0.15, 0.2) is 78.9 Å². The number of aryl methyl sites for hydroxylation is 1. The van der Waals surface area contributed by atoms with E-state index in [0.717, 1.165) is 16.8 Å². The molecule has 0 spiro atoms. The van der Waals surface area contributed by atoms with E-state index in [1.807, 2.05) is 73.7 Å². The molecule has 7 heteroatoms. The zero-order valence-corrected chi connectivity index (χ0v) is 19.4. The first-order valence-corrected chi connectivity index (χ1v) is 10.9. The second kappa shape index (κ2) is 10.6. The van der Waals surface area contributed by atoms with Gasteiger partial charge in [0.15, 0.2) is 11.5 Å². The molecule has 1 aromatic heterocycles. The van der Waals surface area contributed by atoms with Crippen LogP contribution >= 0.6 is 0 Å². The summed E-state index contributed by atoms with van der Waals surface area (Å²) < 4.78 is 18.8. The maximum atomic E-state index is 13.2. The highest BCUT2D eigenvalue weighted by atomic mass is 16.5. The molecule has 1 N–H and O–H groups in total. The van der Waals surface area contributed by atoms with Gasteiger partial charge < -0.3 is 19.5 Å². The summed E-state index contributed by atoms with van der Waals surface area (Å²) in [5, 5.41) is 7.48. The summed E-state index contributed by atoms with van der Waals surface area (Å²) in [6, 6.07) is 24.9. The minimum atomic E-state index is -0.305. The summed E-state index contributed by atoms with van der Waals surface area (Å²) in [4.78, 5) is 13.2. The van der Waals surface area contributed by atoms with E-state index in [0.29, 0.717) is 41.8 Å². The van der Waals surface area contributed by atoms with Crippen molar-refractivity contribution in [3.63, 3.8) is 0 Å². The second-order valence-corrected chi connectivity index (χ2v) is 7.75. The van der Waals surface area contributed by atoms with E-state index in [4.69, 9.17) is 14.2 Å². The summed E-state index contributed by atoms with van der Waals surface area (Å²) in [6.45, 7) is 2.78. The molecule has 0 radical (unpaired) electrons. The van der Waals surface area contributed by atoms with Gasteiger partial charge >= 0.3 is 0 Å². The molecule has 3 aromatic carbocycles. The maximum absolute atomic E-state index is 13.2. The Bertz CT molecular complexity index is 1230. The number of anilines is 1. The Balaban J connectivity index is 1.56. The Morgan fingerprint density at radius 3 is 2.06 bits per heavy atom. The van der Waals surface area contributed by atoms with Crippen molar-refractivity contribution in [3.8, 4) is 17.2 Å². The number of rotatable bonds is 9. The Morgan fingerprint density at radius 2 is 1.47 bits per heavy atom. The van der Waals surface area contributed by atoms with E-state index in [2.05, 4.69) is 10.4 Å². The summed E-state index contributed by atoms with van der Waals surface area (Å²) in [5.74, 6) is 1.56. The van der Waals surface area contributed by atoms with Crippen LogP contribution in [0.2, 0.25) is 0 Å². The van der Waals surface area contributed by atoms with Crippen molar-refractivity contribution in [1.82, 2.24) is 9.78 Å². The molecule has 0 aliphatic heterocycles. The lowest BCUT2D eigenvalue weighted by molar-refractivity contribution is 0.102. The number of nitrogens with zero attached hydrogens (tertiary/aromatic N) is 2. The molecule has 0 saturated heterocycles. The van der Waals surface area contributed by atoms with Crippen molar-refractivity contribution < 1.29 is 19.0 Å². The fraction of sp³-hybridized carbons (Fsp3) is 0.185. The number of carbonyl (C=O) groups excluding carboxylic acids is 1. The van der Waals surface area contributed by atoms with Crippen molar-refractivity contribution in [2.24, 2.45) is 0 Å². The van der Waals surface area contributed by atoms with E-state index in [9.17, 15) is 4.79 Å². The van der Waals surface area contributed by atoms with Gasteiger partial charge in [-0.3, -0.25) is 4.79 Å². The SMILES string of the molecule is COc1cc(C(=O)Nc2cc(C)nn2Cc2ccccc2)cc(OC)c1OCc1ccccc1. The smallest absolute Gasteiger partial charge is 0.257 e. The van der Waals surface area contributed by atoms with Gasteiger partial charge in [-0.05, 0) is 30.2 Å². The maximum Gasteiger partial charge on any atom is 0.257 e. The first-order chi connectivity index (χ1) is 16.6. The summed E-state index contributed by atoms with van der Waals surface area (Å²) in [6.07, 6.45) is 0. The number of nitrogens with one attached hydrogen (secondary N) is 1. The van der Waals surface area contributed by atoms with Crippen LogP contribution in [0.3, 0.4) is 0 Å². The predicted octanol–water partition coefficient (Wildman–Crippen LogP) is 5.09. The van der Waals surface area contributed by atoms with Crippen molar-refractivity contribution in [2.75, 3.05) is 19.5 Å². The van der Waals surface area contributed by atoms with Gasteiger partial charge in [-0.25, -0.2) is 4.68 Å². The first kappa shape index (κ1) is 22.9. The van der Waals surface area contributed by atoms with Crippen LogP contribution in [0.5, 0.6) is 17.2 Å². The fourth-order valence-electron chi connectivity index (χ4n) is 3.59. The molecule has 4 aromatic rings. The molecule has 0 aliphatic rings. The van der Waals surface area contributed by atoms with Gasteiger partial charge in [0.05, 0.1) is 26.5 Å². The second-order valence-electron chi connectivity index (χ2n) is 7.75. The van der Waals surface area contributed by atoms with Crippen molar-refractivity contribution in [2.45, 2.75) is 20.1 Å². The number of ether oxygens (including phenoxy) is 3. The standard InChI is InChI=1S/C27H27N3O4/c1-19-14-25(30(29-19)17-20-10-6-4-7-11-20)28-27(31)22-15-23(32-2)26(24(16-22)33-3)34-18-21-12-8-5-9-13-21/h4-16H,17-18H2,1-3H3,(H,28,31). The molecule has 4 rings (SSSR count). The Labute approximate surface area is 198 Å². The van der Waals surface area contributed by atoms with Crippen LogP contribution < -0.4 is 19.5 Å². The lowest BCUT2D eigenvalue weighted by atomic mass is 10.1. The van der Waals surface area contributed by atoms with Crippen LogP contribution in [0.1, 0.15) is 27.2 Å². The minimum Gasteiger partial charge on any atom is -0.493 e. The first-order valence-electron chi connectivity index (χ1n) is 10.9. The monoisotopic (exact) mass is 457 g/mol. The van der Waals surface area contributed by atoms with Gasteiger partial charge in [0.25, 0.3) is 5.91 Å². The third-order valence-corrected chi connectivity index (χ3v) is 5.27. The Morgan fingerprint density at radius 1 is 0.882 bits per heavy atom. The van der Waals surface area contributed by atoms with E-state index >= 15 is 0 Å². The molecule has 0 fully saturated rings. The molecular formula is C27H27N3O4. The highest BCUT2D eigenvalue weighted by Gasteiger charge is 2.19. The summed E-state index contributed by atoms with van der Waals surface area (Å²) in [7, 11) is 3.06. The highest BCUT2D eigenvalue weighted by molar-refractivity contribution is 6.04. The fourth-order valence-corrected chi connectivity index (χ4v) is 3.59. The third kappa shape index (κ3) is 5.38. The number of amides is 1. The number of benzene rings is 3. The lowest BCUT2D eigenvalue weighted by Crippen LogP contribution is -2.16. The number of methoxy groups -OCH3 is 2. The zero-order valence-electron chi connectivity index (χ0n) is 19.4. The van der Waals surface area contributed by atoms with Crippen LogP contribution in [-0.2, 0) is 13.2 Å². The quantitative estimate of drug-likeness (QED) is 0.379. The molecule has 1 amide bonds. The van der Waals surface area contributed by atoms with Crippen LogP contribution in [0, 0.1) is 6.92 Å². The molecule has 7 nitrogen and oxygen atoms in total. The van der Waals surface area contributed by atoms with E-state index in [1.165, 1.54) is 14.2 Å². The Hall–Kier alpha value is -4.26. The average Bonchev–Trinajstić information content (AvgIpc) is 3.21. The van der Waals surface area contributed by atoms with Gasteiger partial charge in [0.1, 0.15) is 12.4 Å². The molecule has 34 heavy (non-hydrogen) atoms. The topological polar surface area (TPSA) is 74.6 Å². The summed E-state index contributed by atoms with van der Waals surface area (Å²) in [5.41, 5.74) is 3.29. The van der Waals surface area contributed by atoms with Gasteiger partial charge in [0.2, 0.25) is 5.75 Å². The largest absolute Gasteiger partial charge is 0.493 e. The number of hydrogen-bond acceptors (Lipinski definition) is 5. The Kier molecular flexibility index (Phi) is 7.13. The van der Waals surface area contributed by atoms with E-state index < -0.39 is 0 Å². The normalized spacial score (nSPS) is 10.6. The molecule has 0 saturated carbocycles. The lowest BCUT2D eigenvalue weighted by Gasteiger charge is -2.16. The van der Waals surface area contributed by atoms with Gasteiger partial charge in [0, 0.05) is 11.6 Å². The third-order valence-electron chi connectivity index (χ3n) is 5.27. The van der Waals surface area contributed by atoms with Crippen molar-refractivity contribution in [3.05, 3.63) is 101 Å². The highest BCUT2D eigenvalue weighted by Crippen LogP contribution is 2.39. The molecule has 174 valence electrons. The number of hydrogen-bond donors (Lipinski definition) is 1. The van der Waals surface area contributed by atoms with Crippen LogP contribution in [0.25, 0.3) is 0 Å². The van der Waals surface area contributed by atoms with E-state index in [1.54, 1.807) is 16.8 Å². The van der Waals surface area contributed by atoms with Gasteiger partial charge in [-0.15, -0.1) is 0 Å². The molecule has 0 aliphatic carbocycles. The van der Waals surface area contributed by atoms with Crippen molar-refractivity contribution in [1.29, 1.82) is 0 Å². The molecular weight excluding hydrogens is 430 g/mol. The summed E-state index contributed by atoms with van der Waals surface area (Å²) >= 11 is 0. The number of aromatic nitrogens is 2. The zero-order chi connectivity index (χ0) is 23.9. The minimum absolute atomic E-state index is 0.305. The van der Waals surface area contributed by atoms with Gasteiger partial charge in [-0.2, -0.15) is 5.10 Å². The van der Waals surface area contributed by atoms with E-state index in [-0.39, 0.29) is 5.91 Å². The average molecular weight is 458 g/mol. The molecule has 1 heterocycles. The van der Waals surface area contributed by atoms with Crippen LogP contribution in [0.4, 0.5) is 5.82 Å². The van der Waals surface area contributed by atoms with Crippen molar-refractivity contribution >= 4 is 11.7 Å². The number of carbonyl (C=O) groups is 1. The molecule has 0 bridgehead atoms. The molecule has 0 atom stereocenters. The van der Waals surface area contributed by atoms with Crippen LogP contribution in [-0.4, -0.2) is 29.9 Å². The predicted molar refractivity (Wildman–Crippen MR) is 131 cm³/mol.